The van der Waals surface area contributed by atoms with Gasteiger partial charge >= 0.3 is 0 Å². The van der Waals surface area contributed by atoms with E-state index in [-0.39, 0.29) is 0 Å². The van der Waals surface area contributed by atoms with Crippen LogP contribution in [0.15, 0.2) is 6.33 Å². The van der Waals surface area contributed by atoms with Crippen LogP contribution in [0.3, 0.4) is 0 Å². The topological polar surface area (TPSA) is 29.0 Å². The standard InChI is InChI=1S/C16H26ClN3/c1-4-14-15(17)18-11-19-16(14)20(10-9-12(2)3)13-7-5-6-8-13/h11-13H,4-10H2,1-3H3. The molecule has 0 radical (unpaired) electrons. The molecule has 0 bridgehead atoms. The molecule has 1 heterocycles. The molecule has 2 rings (SSSR count). The SMILES string of the molecule is CCc1c(Cl)ncnc1N(CCC(C)C)C1CCCC1. The van der Waals surface area contributed by atoms with Crippen LogP contribution in [0.1, 0.15) is 58.4 Å². The number of halogens is 1. The van der Waals surface area contributed by atoms with Gasteiger partial charge in [-0.15, -0.1) is 0 Å². The maximum absolute atomic E-state index is 6.27. The predicted molar refractivity (Wildman–Crippen MR) is 85.5 cm³/mol. The first-order chi connectivity index (χ1) is 9.63. The molecule has 0 spiro atoms. The first-order valence-corrected chi connectivity index (χ1v) is 8.27. The third-order valence-corrected chi connectivity index (χ3v) is 4.53. The smallest absolute Gasteiger partial charge is 0.137 e. The Hall–Kier alpha value is -0.830. The summed E-state index contributed by atoms with van der Waals surface area (Å²) in [5.41, 5.74) is 1.10. The summed E-state index contributed by atoms with van der Waals surface area (Å²) in [6.07, 6.45) is 8.92. The van der Waals surface area contributed by atoms with E-state index in [9.17, 15) is 0 Å². The highest BCUT2D eigenvalue weighted by Crippen LogP contribution is 2.31. The molecule has 4 heteroatoms. The molecular weight excluding hydrogens is 270 g/mol. The van der Waals surface area contributed by atoms with Crippen molar-refractivity contribution in [2.45, 2.75) is 65.3 Å². The zero-order valence-corrected chi connectivity index (χ0v) is 13.7. The number of anilines is 1. The van der Waals surface area contributed by atoms with Gasteiger partial charge in [0.05, 0.1) is 0 Å². The second-order valence-electron chi connectivity index (χ2n) is 6.13. The monoisotopic (exact) mass is 295 g/mol. The lowest BCUT2D eigenvalue weighted by Crippen LogP contribution is -2.36. The summed E-state index contributed by atoms with van der Waals surface area (Å²) in [5, 5.41) is 0.616. The Kier molecular flexibility index (Phi) is 5.64. The van der Waals surface area contributed by atoms with Gasteiger partial charge in [-0.05, 0) is 31.6 Å². The average molecular weight is 296 g/mol. The Morgan fingerprint density at radius 1 is 1.30 bits per heavy atom. The van der Waals surface area contributed by atoms with E-state index in [0.29, 0.717) is 17.1 Å². The number of hydrogen-bond acceptors (Lipinski definition) is 3. The fourth-order valence-corrected chi connectivity index (χ4v) is 3.27. The maximum Gasteiger partial charge on any atom is 0.137 e. The van der Waals surface area contributed by atoms with Crippen LogP contribution in [0.5, 0.6) is 0 Å². The lowest BCUT2D eigenvalue weighted by Gasteiger charge is -2.32. The van der Waals surface area contributed by atoms with Gasteiger partial charge < -0.3 is 4.90 Å². The van der Waals surface area contributed by atoms with Crippen molar-refractivity contribution >= 4 is 17.4 Å². The Labute approximate surface area is 127 Å². The Bertz CT molecular complexity index is 428. The van der Waals surface area contributed by atoms with Crippen LogP contribution >= 0.6 is 11.6 Å². The molecule has 1 aliphatic carbocycles. The highest BCUT2D eigenvalue weighted by atomic mass is 35.5. The second-order valence-corrected chi connectivity index (χ2v) is 6.49. The molecule has 0 N–H and O–H groups in total. The van der Waals surface area contributed by atoms with E-state index in [2.05, 4.69) is 35.6 Å². The molecular formula is C16H26ClN3. The van der Waals surface area contributed by atoms with Crippen LogP contribution < -0.4 is 4.90 Å². The minimum absolute atomic E-state index is 0.616. The molecule has 1 aromatic heterocycles. The lowest BCUT2D eigenvalue weighted by molar-refractivity contribution is 0.523. The van der Waals surface area contributed by atoms with Gasteiger partial charge in [0.15, 0.2) is 0 Å². The van der Waals surface area contributed by atoms with Crippen LogP contribution in [0.2, 0.25) is 5.15 Å². The summed E-state index contributed by atoms with van der Waals surface area (Å²) in [4.78, 5) is 11.2. The van der Waals surface area contributed by atoms with E-state index in [1.54, 1.807) is 6.33 Å². The van der Waals surface area contributed by atoms with Crippen LogP contribution in [-0.4, -0.2) is 22.6 Å². The summed E-state index contributed by atoms with van der Waals surface area (Å²) in [7, 11) is 0. The van der Waals surface area contributed by atoms with Crippen LogP contribution in [0.25, 0.3) is 0 Å². The van der Waals surface area contributed by atoms with Gasteiger partial charge in [0.1, 0.15) is 17.3 Å². The Balaban J connectivity index is 2.27. The van der Waals surface area contributed by atoms with E-state index in [0.717, 1.165) is 24.3 Å². The Morgan fingerprint density at radius 2 is 2.00 bits per heavy atom. The molecule has 1 saturated carbocycles. The van der Waals surface area contributed by atoms with Gasteiger partial charge in [-0.25, -0.2) is 9.97 Å². The minimum atomic E-state index is 0.616. The third kappa shape index (κ3) is 3.63. The Morgan fingerprint density at radius 3 is 2.60 bits per heavy atom. The summed E-state index contributed by atoms with van der Waals surface area (Å²) in [6, 6.07) is 0.630. The second kappa shape index (κ2) is 7.26. The molecule has 0 aliphatic heterocycles. The number of rotatable bonds is 6. The van der Waals surface area contributed by atoms with Crippen molar-refractivity contribution in [1.29, 1.82) is 0 Å². The maximum atomic E-state index is 6.27. The van der Waals surface area contributed by atoms with Crippen LogP contribution in [-0.2, 0) is 6.42 Å². The van der Waals surface area contributed by atoms with Gasteiger partial charge in [0.25, 0.3) is 0 Å². The summed E-state index contributed by atoms with van der Waals surface area (Å²) in [5.74, 6) is 1.78. The van der Waals surface area contributed by atoms with Crippen molar-refractivity contribution in [2.24, 2.45) is 5.92 Å². The van der Waals surface area contributed by atoms with E-state index in [1.165, 1.54) is 32.1 Å². The highest BCUT2D eigenvalue weighted by Gasteiger charge is 2.26. The van der Waals surface area contributed by atoms with Crippen molar-refractivity contribution in [2.75, 3.05) is 11.4 Å². The van der Waals surface area contributed by atoms with Crippen molar-refractivity contribution in [3.05, 3.63) is 17.0 Å². The third-order valence-electron chi connectivity index (χ3n) is 4.21. The molecule has 1 aliphatic rings. The van der Waals surface area contributed by atoms with Crippen LogP contribution in [0, 0.1) is 5.92 Å². The van der Waals surface area contributed by atoms with E-state index < -0.39 is 0 Å². The van der Waals surface area contributed by atoms with Gasteiger partial charge in [-0.1, -0.05) is 45.2 Å². The largest absolute Gasteiger partial charge is 0.353 e. The molecule has 1 aromatic rings. The quantitative estimate of drug-likeness (QED) is 0.724. The zero-order chi connectivity index (χ0) is 14.5. The first kappa shape index (κ1) is 15.6. The molecule has 0 saturated heterocycles. The number of hydrogen-bond donors (Lipinski definition) is 0. The van der Waals surface area contributed by atoms with Gasteiger partial charge in [-0.3, -0.25) is 0 Å². The first-order valence-electron chi connectivity index (χ1n) is 7.89. The van der Waals surface area contributed by atoms with Crippen molar-refractivity contribution < 1.29 is 0 Å². The van der Waals surface area contributed by atoms with Crippen molar-refractivity contribution in [1.82, 2.24) is 9.97 Å². The van der Waals surface area contributed by atoms with Crippen molar-refractivity contribution in [3.8, 4) is 0 Å². The van der Waals surface area contributed by atoms with Gasteiger partial charge in [0.2, 0.25) is 0 Å². The zero-order valence-electron chi connectivity index (χ0n) is 12.9. The molecule has 0 amide bonds. The van der Waals surface area contributed by atoms with E-state index in [1.807, 2.05) is 0 Å². The van der Waals surface area contributed by atoms with Gasteiger partial charge in [-0.2, -0.15) is 0 Å². The minimum Gasteiger partial charge on any atom is -0.353 e. The molecule has 0 unspecified atom stereocenters. The fourth-order valence-electron chi connectivity index (χ4n) is 3.01. The average Bonchev–Trinajstić information content (AvgIpc) is 2.93. The van der Waals surface area contributed by atoms with Crippen molar-refractivity contribution in [3.63, 3.8) is 0 Å². The fraction of sp³-hybridized carbons (Fsp3) is 0.750. The molecule has 1 fully saturated rings. The highest BCUT2D eigenvalue weighted by molar-refractivity contribution is 6.30. The predicted octanol–water partition coefficient (Wildman–Crippen LogP) is 4.49. The number of aromatic nitrogens is 2. The molecule has 112 valence electrons. The van der Waals surface area contributed by atoms with E-state index in [4.69, 9.17) is 11.6 Å². The van der Waals surface area contributed by atoms with Gasteiger partial charge in [0, 0.05) is 18.2 Å². The molecule has 3 nitrogen and oxygen atoms in total. The van der Waals surface area contributed by atoms with E-state index >= 15 is 0 Å². The molecule has 20 heavy (non-hydrogen) atoms. The summed E-state index contributed by atoms with van der Waals surface area (Å²) in [6.45, 7) is 7.76. The molecule has 0 atom stereocenters. The summed E-state index contributed by atoms with van der Waals surface area (Å²) < 4.78 is 0. The summed E-state index contributed by atoms with van der Waals surface area (Å²) >= 11 is 6.27. The molecule has 0 aromatic carbocycles. The lowest BCUT2D eigenvalue weighted by atomic mass is 10.1. The normalized spacial score (nSPS) is 16.1. The number of nitrogens with zero attached hydrogens (tertiary/aromatic N) is 3. The van der Waals surface area contributed by atoms with Crippen LogP contribution in [0.4, 0.5) is 5.82 Å².